The lowest BCUT2D eigenvalue weighted by Gasteiger charge is -2.06. The molecule has 0 aliphatic carbocycles. The van der Waals surface area contributed by atoms with E-state index in [4.69, 9.17) is 0 Å². The molecule has 0 bridgehead atoms. The number of halogens is 2. The van der Waals surface area contributed by atoms with Crippen molar-refractivity contribution in [3.63, 3.8) is 0 Å². The quantitative estimate of drug-likeness (QED) is 0.680. The molecule has 1 unspecified atom stereocenters. The second kappa shape index (κ2) is 2.73. The predicted octanol–water partition coefficient (Wildman–Crippen LogP) is 2.46. The van der Waals surface area contributed by atoms with Gasteiger partial charge < -0.3 is 5.32 Å². The van der Waals surface area contributed by atoms with Crippen molar-refractivity contribution in [2.75, 3.05) is 11.9 Å². The van der Waals surface area contributed by atoms with E-state index in [0.29, 0.717) is 6.54 Å². The molecule has 0 saturated heterocycles. The number of hydrogen-bond acceptors (Lipinski definition) is 1. The number of rotatable bonds is 1. The Morgan fingerprint density at radius 1 is 1.33 bits per heavy atom. The van der Waals surface area contributed by atoms with Crippen molar-refractivity contribution in [2.24, 2.45) is 0 Å². The fourth-order valence-electron chi connectivity index (χ4n) is 1.54. The summed E-state index contributed by atoms with van der Waals surface area (Å²) in [5.74, 6) is -0.624. The van der Waals surface area contributed by atoms with Crippen LogP contribution in [0.15, 0.2) is 24.3 Å². The summed E-state index contributed by atoms with van der Waals surface area (Å²) in [6.07, 6.45) is -2.26. The Morgan fingerprint density at radius 3 is 2.83 bits per heavy atom. The van der Waals surface area contributed by atoms with Crippen LogP contribution in [0, 0.1) is 0 Å². The zero-order valence-corrected chi connectivity index (χ0v) is 6.43. The van der Waals surface area contributed by atoms with E-state index in [0.717, 1.165) is 11.3 Å². The van der Waals surface area contributed by atoms with Gasteiger partial charge in [-0.3, -0.25) is 0 Å². The zero-order chi connectivity index (χ0) is 8.55. The van der Waals surface area contributed by atoms with Crippen molar-refractivity contribution in [1.29, 1.82) is 0 Å². The standard InChI is InChI=1S/C9H9F2N/c10-9(11)7-5-12-8-4-2-1-3-6(7)8/h1-4,7,9,12H,5H2. The van der Waals surface area contributed by atoms with E-state index in [2.05, 4.69) is 5.32 Å². The molecular weight excluding hydrogens is 160 g/mol. The number of anilines is 1. The van der Waals surface area contributed by atoms with Crippen molar-refractivity contribution in [3.05, 3.63) is 29.8 Å². The number of hydrogen-bond donors (Lipinski definition) is 1. The van der Waals surface area contributed by atoms with Crippen molar-refractivity contribution in [1.82, 2.24) is 0 Å². The highest BCUT2D eigenvalue weighted by Crippen LogP contribution is 2.34. The van der Waals surface area contributed by atoms with E-state index >= 15 is 0 Å². The molecule has 2 rings (SSSR count). The van der Waals surface area contributed by atoms with Gasteiger partial charge in [-0.05, 0) is 11.6 Å². The average molecular weight is 169 g/mol. The lowest BCUT2D eigenvalue weighted by atomic mass is 10.0. The number of benzene rings is 1. The normalized spacial score (nSPS) is 20.8. The van der Waals surface area contributed by atoms with Gasteiger partial charge in [0.05, 0.1) is 5.92 Å². The van der Waals surface area contributed by atoms with Crippen LogP contribution in [-0.2, 0) is 0 Å². The Kier molecular flexibility index (Phi) is 1.71. The molecule has 0 amide bonds. The van der Waals surface area contributed by atoms with E-state index in [-0.39, 0.29) is 0 Å². The van der Waals surface area contributed by atoms with Crippen molar-refractivity contribution >= 4 is 5.69 Å². The summed E-state index contributed by atoms with van der Waals surface area (Å²) in [5, 5.41) is 2.95. The maximum Gasteiger partial charge on any atom is 0.247 e. The van der Waals surface area contributed by atoms with E-state index < -0.39 is 12.3 Å². The van der Waals surface area contributed by atoms with Crippen LogP contribution < -0.4 is 5.32 Å². The molecule has 0 spiro atoms. The van der Waals surface area contributed by atoms with E-state index in [1.807, 2.05) is 12.1 Å². The summed E-state index contributed by atoms with van der Waals surface area (Å²) in [5.41, 5.74) is 1.59. The first-order valence-electron chi connectivity index (χ1n) is 3.90. The third-order valence-electron chi connectivity index (χ3n) is 2.18. The van der Waals surface area contributed by atoms with Crippen LogP contribution in [-0.4, -0.2) is 13.0 Å². The molecular formula is C9H9F2N. The van der Waals surface area contributed by atoms with Crippen LogP contribution in [0.5, 0.6) is 0 Å². The second-order valence-electron chi connectivity index (χ2n) is 2.91. The highest BCUT2D eigenvalue weighted by Gasteiger charge is 2.28. The molecule has 1 heterocycles. The highest BCUT2D eigenvalue weighted by molar-refractivity contribution is 5.57. The maximum atomic E-state index is 12.4. The largest absolute Gasteiger partial charge is 0.384 e. The van der Waals surface area contributed by atoms with Crippen LogP contribution in [0.3, 0.4) is 0 Å². The molecule has 1 nitrogen and oxygen atoms in total. The SMILES string of the molecule is FC(F)C1CNc2ccccc21. The Morgan fingerprint density at radius 2 is 2.08 bits per heavy atom. The van der Waals surface area contributed by atoms with Gasteiger partial charge >= 0.3 is 0 Å². The summed E-state index contributed by atoms with van der Waals surface area (Å²) in [6.45, 7) is 0.358. The first-order valence-corrected chi connectivity index (χ1v) is 3.90. The molecule has 0 radical (unpaired) electrons. The Hall–Kier alpha value is -1.12. The van der Waals surface area contributed by atoms with Gasteiger partial charge in [-0.2, -0.15) is 0 Å². The Balaban J connectivity index is 2.36. The Bertz CT molecular complexity index is 286. The molecule has 3 heteroatoms. The first-order chi connectivity index (χ1) is 5.79. The maximum absolute atomic E-state index is 12.4. The smallest absolute Gasteiger partial charge is 0.247 e. The molecule has 1 aliphatic heterocycles. The van der Waals surface area contributed by atoms with Gasteiger partial charge in [0.15, 0.2) is 0 Å². The molecule has 1 atom stereocenters. The number of alkyl halides is 2. The van der Waals surface area contributed by atoms with E-state index in [1.54, 1.807) is 12.1 Å². The van der Waals surface area contributed by atoms with Crippen molar-refractivity contribution in [2.45, 2.75) is 12.3 Å². The van der Waals surface area contributed by atoms with Crippen LogP contribution >= 0.6 is 0 Å². The minimum atomic E-state index is -2.26. The van der Waals surface area contributed by atoms with Gasteiger partial charge in [-0.25, -0.2) is 8.78 Å². The lowest BCUT2D eigenvalue weighted by molar-refractivity contribution is 0.121. The summed E-state index contributed by atoms with van der Waals surface area (Å²) in [4.78, 5) is 0. The summed E-state index contributed by atoms with van der Waals surface area (Å²) < 4.78 is 24.8. The molecule has 12 heavy (non-hydrogen) atoms. The van der Waals surface area contributed by atoms with Crippen LogP contribution in [0.1, 0.15) is 11.5 Å². The number of nitrogens with one attached hydrogen (secondary N) is 1. The second-order valence-corrected chi connectivity index (χ2v) is 2.91. The van der Waals surface area contributed by atoms with Gasteiger partial charge in [-0.15, -0.1) is 0 Å². The van der Waals surface area contributed by atoms with Crippen LogP contribution in [0.4, 0.5) is 14.5 Å². The molecule has 0 fully saturated rings. The average Bonchev–Trinajstić information content (AvgIpc) is 2.47. The zero-order valence-electron chi connectivity index (χ0n) is 6.43. The summed E-state index contributed by atoms with van der Waals surface area (Å²) in [6, 6.07) is 7.23. The highest BCUT2D eigenvalue weighted by atomic mass is 19.3. The molecule has 1 aliphatic rings. The minimum absolute atomic E-state index is 0.358. The van der Waals surface area contributed by atoms with Crippen LogP contribution in [0.2, 0.25) is 0 Å². The fraction of sp³-hybridized carbons (Fsp3) is 0.333. The summed E-state index contributed by atoms with van der Waals surface area (Å²) in [7, 11) is 0. The lowest BCUT2D eigenvalue weighted by Crippen LogP contribution is -2.10. The van der Waals surface area contributed by atoms with E-state index in [1.165, 1.54) is 0 Å². The fourth-order valence-corrected chi connectivity index (χ4v) is 1.54. The van der Waals surface area contributed by atoms with Gasteiger partial charge in [0.2, 0.25) is 6.43 Å². The van der Waals surface area contributed by atoms with Gasteiger partial charge in [0, 0.05) is 12.2 Å². The third kappa shape index (κ3) is 1.05. The molecule has 1 aromatic rings. The molecule has 0 saturated carbocycles. The van der Waals surface area contributed by atoms with E-state index in [9.17, 15) is 8.78 Å². The molecule has 64 valence electrons. The predicted molar refractivity (Wildman–Crippen MR) is 43.7 cm³/mol. The van der Waals surface area contributed by atoms with Crippen LogP contribution in [0.25, 0.3) is 0 Å². The van der Waals surface area contributed by atoms with Gasteiger partial charge in [0.25, 0.3) is 0 Å². The van der Waals surface area contributed by atoms with Crippen molar-refractivity contribution < 1.29 is 8.78 Å². The first kappa shape index (κ1) is 7.53. The van der Waals surface area contributed by atoms with Gasteiger partial charge in [-0.1, -0.05) is 18.2 Å². The van der Waals surface area contributed by atoms with Crippen molar-refractivity contribution in [3.8, 4) is 0 Å². The topological polar surface area (TPSA) is 12.0 Å². The van der Waals surface area contributed by atoms with Gasteiger partial charge in [0.1, 0.15) is 0 Å². The molecule has 1 N–H and O–H groups in total. The minimum Gasteiger partial charge on any atom is -0.384 e. The molecule has 0 aromatic heterocycles. The summed E-state index contributed by atoms with van der Waals surface area (Å²) >= 11 is 0. The Labute approximate surface area is 69.4 Å². The third-order valence-corrected chi connectivity index (χ3v) is 2.18. The molecule has 1 aromatic carbocycles. The number of fused-ring (bicyclic) bond motifs is 1. The number of para-hydroxylation sites is 1. The monoisotopic (exact) mass is 169 g/mol.